The molecule has 0 aromatic heterocycles. The van der Waals surface area contributed by atoms with Crippen LogP contribution in [0.4, 0.5) is 0 Å². The van der Waals surface area contributed by atoms with E-state index in [0.717, 1.165) is 12.8 Å². The van der Waals surface area contributed by atoms with E-state index in [0.29, 0.717) is 6.42 Å². The molecule has 0 N–H and O–H groups in total. The van der Waals surface area contributed by atoms with Crippen LogP contribution in [-0.4, -0.2) is 22.9 Å². The summed E-state index contributed by atoms with van der Waals surface area (Å²) in [6.45, 7) is 2.22. The SMILES string of the molecule is CCCCCCCCCCCCS(=O)(=O)c1ccc(S(=O)[O-])cc1.[Na+]. The second-order valence-electron chi connectivity index (χ2n) is 6.21. The van der Waals surface area contributed by atoms with E-state index >= 15 is 0 Å². The van der Waals surface area contributed by atoms with Crippen LogP contribution in [0.15, 0.2) is 34.1 Å². The molecule has 0 heterocycles. The van der Waals surface area contributed by atoms with Crippen LogP contribution < -0.4 is 29.6 Å². The summed E-state index contributed by atoms with van der Waals surface area (Å²) < 4.78 is 46.0. The van der Waals surface area contributed by atoms with Crippen molar-refractivity contribution in [1.29, 1.82) is 0 Å². The Balaban J connectivity index is 0.00000576. The van der Waals surface area contributed by atoms with Crippen molar-refractivity contribution in [2.45, 2.75) is 80.9 Å². The summed E-state index contributed by atoms with van der Waals surface area (Å²) in [5, 5.41) is 0. The van der Waals surface area contributed by atoms with Crippen molar-refractivity contribution >= 4 is 20.9 Å². The van der Waals surface area contributed by atoms with E-state index < -0.39 is 20.9 Å². The van der Waals surface area contributed by atoms with Gasteiger partial charge < -0.3 is 4.55 Å². The minimum atomic E-state index is -3.31. The van der Waals surface area contributed by atoms with E-state index in [1.54, 1.807) is 0 Å². The van der Waals surface area contributed by atoms with Gasteiger partial charge in [0.2, 0.25) is 0 Å². The van der Waals surface area contributed by atoms with Gasteiger partial charge in [-0.25, -0.2) is 8.42 Å². The van der Waals surface area contributed by atoms with Gasteiger partial charge in [0, 0.05) is 4.90 Å². The van der Waals surface area contributed by atoms with Gasteiger partial charge in [-0.05, 0) is 41.8 Å². The molecule has 0 spiro atoms. The van der Waals surface area contributed by atoms with Crippen LogP contribution in [0.25, 0.3) is 0 Å². The van der Waals surface area contributed by atoms with Gasteiger partial charge in [0.15, 0.2) is 9.84 Å². The summed E-state index contributed by atoms with van der Waals surface area (Å²) in [7, 11) is -3.31. The summed E-state index contributed by atoms with van der Waals surface area (Å²) in [6.07, 6.45) is 11.6. The molecule has 138 valence electrons. The average Bonchev–Trinajstić information content (AvgIpc) is 2.56. The van der Waals surface area contributed by atoms with E-state index in [-0.39, 0.29) is 45.1 Å². The Morgan fingerprint density at radius 2 is 1.28 bits per heavy atom. The zero-order valence-electron chi connectivity index (χ0n) is 15.5. The van der Waals surface area contributed by atoms with Crippen molar-refractivity contribution in [2.75, 3.05) is 5.75 Å². The smallest absolute Gasteiger partial charge is 0.768 e. The van der Waals surface area contributed by atoms with Crippen molar-refractivity contribution in [3.05, 3.63) is 24.3 Å². The molecule has 25 heavy (non-hydrogen) atoms. The number of unbranched alkanes of at least 4 members (excludes halogenated alkanes) is 9. The van der Waals surface area contributed by atoms with Gasteiger partial charge in [0.05, 0.1) is 10.6 Å². The topological polar surface area (TPSA) is 74.3 Å². The Hall–Kier alpha value is 0.280. The maximum Gasteiger partial charge on any atom is 1.00 e. The maximum atomic E-state index is 12.2. The molecule has 1 unspecified atom stereocenters. The molecule has 4 nitrogen and oxygen atoms in total. The van der Waals surface area contributed by atoms with Gasteiger partial charge in [-0.2, -0.15) is 0 Å². The molecule has 0 saturated carbocycles. The molecule has 0 aliphatic heterocycles. The third kappa shape index (κ3) is 10.9. The van der Waals surface area contributed by atoms with Crippen molar-refractivity contribution in [3.8, 4) is 0 Å². The zero-order chi connectivity index (χ0) is 17.8. The summed E-state index contributed by atoms with van der Waals surface area (Å²) in [6, 6.07) is 5.40. The van der Waals surface area contributed by atoms with Gasteiger partial charge >= 0.3 is 29.6 Å². The minimum absolute atomic E-state index is 0. The number of hydrogen-bond acceptors (Lipinski definition) is 4. The molecule has 0 saturated heterocycles. The summed E-state index contributed by atoms with van der Waals surface area (Å²) in [5.41, 5.74) is 0. The molecule has 1 aromatic carbocycles. The predicted molar refractivity (Wildman–Crippen MR) is 97.5 cm³/mol. The predicted octanol–water partition coefficient (Wildman–Crippen LogP) is 1.62. The van der Waals surface area contributed by atoms with E-state index in [2.05, 4.69) is 6.92 Å². The fourth-order valence-electron chi connectivity index (χ4n) is 2.66. The molecule has 0 radical (unpaired) electrons. The number of hydrogen-bond donors (Lipinski definition) is 0. The molecule has 0 aliphatic rings. The van der Waals surface area contributed by atoms with Gasteiger partial charge in [-0.15, -0.1) is 0 Å². The van der Waals surface area contributed by atoms with E-state index in [1.165, 1.54) is 69.2 Å². The molecule has 7 heteroatoms. The number of benzene rings is 1. The van der Waals surface area contributed by atoms with Crippen molar-refractivity contribution in [1.82, 2.24) is 0 Å². The molecule has 0 amide bonds. The molecular weight excluding hydrogens is 367 g/mol. The van der Waals surface area contributed by atoms with Gasteiger partial charge in [-0.1, -0.05) is 64.7 Å². The quantitative estimate of drug-likeness (QED) is 0.288. The molecule has 0 bridgehead atoms. The van der Waals surface area contributed by atoms with E-state index in [4.69, 9.17) is 0 Å². The number of rotatable bonds is 13. The molecule has 1 atom stereocenters. The third-order valence-corrected chi connectivity index (χ3v) is 6.62. The Bertz CT molecular complexity index is 586. The third-order valence-electron chi connectivity index (χ3n) is 4.14. The van der Waals surface area contributed by atoms with Crippen molar-refractivity contribution in [3.63, 3.8) is 0 Å². The molecule has 0 aliphatic carbocycles. The fraction of sp³-hybridized carbons (Fsp3) is 0.667. The minimum Gasteiger partial charge on any atom is -0.768 e. The standard InChI is InChI=1S/C18H30O4S2.Na/c1-2-3-4-5-6-7-8-9-10-11-16-24(21,22)18-14-12-17(13-15-18)23(19)20;/h12-15H,2-11,16H2,1H3,(H,19,20);/q;+1/p-1. The van der Waals surface area contributed by atoms with Crippen LogP contribution in [0.2, 0.25) is 0 Å². The van der Waals surface area contributed by atoms with Gasteiger partial charge in [0.1, 0.15) is 0 Å². The van der Waals surface area contributed by atoms with Crippen LogP contribution in [0.5, 0.6) is 0 Å². The Kier molecular flexibility index (Phi) is 14.5. The second-order valence-corrected chi connectivity index (χ2v) is 9.26. The first kappa shape index (κ1) is 25.3. The Morgan fingerprint density at radius 1 is 0.840 bits per heavy atom. The summed E-state index contributed by atoms with van der Waals surface area (Å²) in [5.74, 6) is 0.128. The largest absolute Gasteiger partial charge is 1.00 e. The van der Waals surface area contributed by atoms with E-state index in [9.17, 15) is 17.2 Å². The van der Waals surface area contributed by atoms with Gasteiger partial charge in [-0.3, -0.25) is 4.21 Å². The Labute approximate surface area is 177 Å². The summed E-state index contributed by atoms with van der Waals surface area (Å²) >= 11 is -2.32. The monoisotopic (exact) mass is 396 g/mol. The van der Waals surface area contributed by atoms with Gasteiger partial charge in [0.25, 0.3) is 0 Å². The number of sulfone groups is 1. The molecule has 1 rings (SSSR count). The Morgan fingerprint density at radius 3 is 1.72 bits per heavy atom. The maximum absolute atomic E-state index is 12.2. The first-order valence-corrected chi connectivity index (χ1v) is 11.6. The first-order valence-electron chi connectivity index (χ1n) is 8.89. The van der Waals surface area contributed by atoms with Crippen molar-refractivity contribution < 1.29 is 46.7 Å². The van der Waals surface area contributed by atoms with Crippen LogP contribution in [0.3, 0.4) is 0 Å². The second kappa shape index (κ2) is 14.4. The fourth-order valence-corrected chi connectivity index (χ4v) is 4.38. The summed E-state index contributed by atoms with van der Waals surface area (Å²) in [4.78, 5) is 0.306. The van der Waals surface area contributed by atoms with Crippen molar-refractivity contribution in [2.24, 2.45) is 0 Å². The first-order chi connectivity index (χ1) is 11.5. The molecule has 1 aromatic rings. The zero-order valence-corrected chi connectivity index (χ0v) is 19.2. The molecular formula is C18H29NaO4S2. The van der Waals surface area contributed by atoms with Crippen LogP contribution in [-0.2, 0) is 20.9 Å². The van der Waals surface area contributed by atoms with Crippen LogP contribution in [0.1, 0.15) is 71.1 Å². The average molecular weight is 397 g/mol. The van der Waals surface area contributed by atoms with Crippen LogP contribution in [0, 0.1) is 0 Å². The molecule has 0 fully saturated rings. The van der Waals surface area contributed by atoms with E-state index in [1.807, 2.05) is 0 Å². The van der Waals surface area contributed by atoms with Crippen LogP contribution >= 0.6 is 0 Å². The normalized spacial score (nSPS) is 12.6.